The average molecular weight is 267 g/mol. The maximum atomic E-state index is 11.9. The number of ether oxygens (including phenoxy) is 2. The molecule has 1 unspecified atom stereocenters. The Labute approximate surface area is 113 Å². The van der Waals surface area contributed by atoms with E-state index in [4.69, 9.17) is 15.2 Å². The number of anilines is 1. The summed E-state index contributed by atoms with van der Waals surface area (Å²) in [6, 6.07) is 6.74. The Kier molecular flexibility index (Phi) is 6.11. The predicted molar refractivity (Wildman–Crippen MR) is 74.5 cm³/mol. The minimum Gasteiger partial charge on any atom is -0.497 e. The normalized spacial score (nSPS) is 11.8. The van der Waals surface area contributed by atoms with Gasteiger partial charge in [-0.05, 0) is 12.1 Å². The number of hydrogen-bond acceptors (Lipinski definition) is 4. The Morgan fingerprint density at radius 3 is 2.84 bits per heavy atom. The molecule has 0 bridgehead atoms. The van der Waals surface area contributed by atoms with E-state index in [0.29, 0.717) is 24.6 Å². The van der Waals surface area contributed by atoms with Gasteiger partial charge in [-0.15, -0.1) is 0 Å². The molecule has 19 heavy (non-hydrogen) atoms. The van der Waals surface area contributed by atoms with Crippen LogP contribution in [0.5, 0.6) is 5.75 Å². The van der Waals surface area contributed by atoms with Gasteiger partial charge >= 0.3 is 6.03 Å². The lowest BCUT2D eigenvalue weighted by Crippen LogP contribution is -2.42. The zero-order chi connectivity index (χ0) is 14.3. The Balaban J connectivity index is 2.53. The molecule has 0 saturated carbocycles. The van der Waals surface area contributed by atoms with E-state index in [0.717, 1.165) is 0 Å². The molecule has 0 saturated heterocycles. The van der Waals surface area contributed by atoms with E-state index in [1.807, 2.05) is 12.1 Å². The lowest BCUT2D eigenvalue weighted by atomic mass is 10.3. The topological polar surface area (TPSA) is 76.8 Å². The molecule has 0 aliphatic heterocycles. The Morgan fingerprint density at radius 1 is 1.47 bits per heavy atom. The van der Waals surface area contributed by atoms with Gasteiger partial charge in [0, 0.05) is 38.5 Å². The summed E-state index contributed by atoms with van der Waals surface area (Å²) >= 11 is 0. The summed E-state index contributed by atoms with van der Waals surface area (Å²) in [5, 5.41) is 2.77. The molecule has 2 amide bonds. The number of benzene rings is 1. The maximum Gasteiger partial charge on any atom is 0.321 e. The molecule has 1 atom stereocenters. The van der Waals surface area contributed by atoms with E-state index in [-0.39, 0.29) is 12.1 Å². The molecule has 0 aliphatic carbocycles. The summed E-state index contributed by atoms with van der Waals surface area (Å²) < 4.78 is 10.0. The minimum absolute atomic E-state index is 0.203. The summed E-state index contributed by atoms with van der Waals surface area (Å²) in [5.74, 6) is 0.691. The number of methoxy groups -OCH3 is 2. The van der Waals surface area contributed by atoms with Crippen molar-refractivity contribution in [1.29, 1.82) is 0 Å². The van der Waals surface area contributed by atoms with Crippen LogP contribution >= 0.6 is 0 Å². The molecular weight excluding hydrogens is 246 g/mol. The quantitative estimate of drug-likeness (QED) is 0.810. The van der Waals surface area contributed by atoms with Gasteiger partial charge in [0.25, 0.3) is 0 Å². The number of amides is 2. The van der Waals surface area contributed by atoms with Gasteiger partial charge in [-0.2, -0.15) is 0 Å². The monoisotopic (exact) mass is 267 g/mol. The highest BCUT2D eigenvalue weighted by atomic mass is 16.5. The van der Waals surface area contributed by atoms with Gasteiger partial charge in [-0.25, -0.2) is 4.79 Å². The largest absolute Gasteiger partial charge is 0.497 e. The van der Waals surface area contributed by atoms with Crippen LogP contribution in [0.3, 0.4) is 0 Å². The molecule has 3 N–H and O–H groups in total. The molecule has 6 heteroatoms. The van der Waals surface area contributed by atoms with Gasteiger partial charge in [0.2, 0.25) is 0 Å². The summed E-state index contributed by atoms with van der Waals surface area (Å²) in [7, 11) is 4.85. The highest BCUT2D eigenvalue weighted by Gasteiger charge is 2.12. The van der Waals surface area contributed by atoms with Gasteiger partial charge in [0.05, 0.1) is 13.7 Å². The van der Waals surface area contributed by atoms with Crippen molar-refractivity contribution in [3.8, 4) is 5.75 Å². The van der Waals surface area contributed by atoms with E-state index in [1.54, 1.807) is 33.4 Å². The minimum atomic E-state index is -0.222. The number of likely N-dealkylation sites (N-methyl/N-ethyl adjacent to an activating group) is 1. The van der Waals surface area contributed by atoms with Crippen LogP contribution in [-0.2, 0) is 4.74 Å². The standard InChI is InChI=1S/C13H21N3O3/c1-16(8-10(14)9-18-2)13(17)15-11-5-4-6-12(7-11)19-3/h4-7,10H,8-9,14H2,1-3H3,(H,15,17). The molecule has 0 aliphatic rings. The number of nitrogens with one attached hydrogen (secondary N) is 1. The SMILES string of the molecule is COCC(N)CN(C)C(=O)Nc1cccc(OC)c1. The van der Waals surface area contributed by atoms with E-state index in [1.165, 1.54) is 4.90 Å². The number of urea groups is 1. The molecule has 0 aromatic heterocycles. The second-order valence-corrected chi connectivity index (χ2v) is 4.26. The molecule has 1 aromatic carbocycles. The van der Waals surface area contributed by atoms with Crippen LogP contribution in [0.25, 0.3) is 0 Å². The Morgan fingerprint density at radius 2 is 2.21 bits per heavy atom. The molecule has 0 heterocycles. The number of nitrogens with zero attached hydrogens (tertiary/aromatic N) is 1. The fraction of sp³-hybridized carbons (Fsp3) is 0.462. The van der Waals surface area contributed by atoms with E-state index in [2.05, 4.69) is 5.32 Å². The number of hydrogen-bond donors (Lipinski definition) is 2. The third-order valence-corrected chi connectivity index (χ3v) is 2.56. The van der Waals surface area contributed by atoms with Crippen LogP contribution in [-0.4, -0.2) is 51.4 Å². The van der Waals surface area contributed by atoms with Crippen LogP contribution in [0.2, 0.25) is 0 Å². The molecule has 0 fully saturated rings. The Bertz CT molecular complexity index is 412. The lowest BCUT2D eigenvalue weighted by Gasteiger charge is -2.21. The van der Waals surface area contributed by atoms with Crippen molar-refractivity contribution >= 4 is 11.7 Å². The molecule has 106 valence electrons. The maximum absolute atomic E-state index is 11.9. The van der Waals surface area contributed by atoms with Gasteiger partial charge in [0.1, 0.15) is 5.75 Å². The van der Waals surface area contributed by atoms with E-state index >= 15 is 0 Å². The first-order valence-electron chi connectivity index (χ1n) is 5.97. The van der Waals surface area contributed by atoms with Crippen LogP contribution in [0.15, 0.2) is 24.3 Å². The fourth-order valence-electron chi connectivity index (χ4n) is 1.62. The summed E-state index contributed by atoms with van der Waals surface area (Å²) in [4.78, 5) is 13.4. The third-order valence-electron chi connectivity index (χ3n) is 2.56. The fourth-order valence-corrected chi connectivity index (χ4v) is 1.62. The van der Waals surface area contributed by atoms with Crippen molar-refractivity contribution in [2.24, 2.45) is 5.73 Å². The Hall–Kier alpha value is -1.79. The van der Waals surface area contributed by atoms with E-state index in [9.17, 15) is 4.79 Å². The first-order chi connectivity index (χ1) is 9.06. The second kappa shape index (κ2) is 7.60. The smallest absolute Gasteiger partial charge is 0.321 e. The van der Waals surface area contributed by atoms with Crippen LogP contribution in [0.4, 0.5) is 10.5 Å². The highest BCUT2D eigenvalue weighted by molar-refractivity contribution is 5.89. The van der Waals surface area contributed by atoms with Crippen LogP contribution in [0.1, 0.15) is 0 Å². The van der Waals surface area contributed by atoms with Gasteiger partial charge in [-0.1, -0.05) is 6.07 Å². The number of carbonyl (C=O) groups excluding carboxylic acids is 1. The summed E-state index contributed by atoms with van der Waals surface area (Å²) in [6.45, 7) is 0.834. The van der Waals surface area contributed by atoms with Crippen molar-refractivity contribution < 1.29 is 14.3 Å². The van der Waals surface area contributed by atoms with Crippen molar-refractivity contribution in [1.82, 2.24) is 4.90 Å². The molecule has 6 nitrogen and oxygen atoms in total. The summed E-state index contributed by atoms with van der Waals surface area (Å²) in [5.41, 5.74) is 6.47. The number of nitrogens with two attached hydrogens (primary N) is 1. The van der Waals surface area contributed by atoms with Crippen molar-refractivity contribution in [3.63, 3.8) is 0 Å². The zero-order valence-electron chi connectivity index (χ0n) is 11.6. The van der Waals surface area contributed by atoms with Crippen LogP contribution in [0, 0.1) is 0 Å². The van der Waals surface area contributed by atoms with Crippen molar-refractivity contribution in [3.05, 3.63) is 24.3 Å². The highest BCUT2D eigenvalue weighted by Crippen LogP contribution is 2.16. The lowest BCUT2D eigenvalue weighted by molar-refractivity contribution is 0.164. The second-order valence-electron chi connectivity index (χ2n) is 4.26. The zero-order valence-corrected chi connectivity index (χ0v) is 11.6. The van der Waals surface area contributed by atoms with Gasteiger partial charge < -0.3 is 25.4 Å². The van der Waals surface area contributed by atoms with Gasteiger partial charge in [0.15, 0.2) is 0 Å². The molecule has 1 rings (SSSR count). The number of carbonyl (C=O) groups is 1. The first-order valence-corrected chi connectivity index (χ1v) is 5.97. The molecule has 0 radical (unpaired) electrons. The first kappa shape index (κ1) is 15.3. The summed E-state index contributed by atoms with van der Waals surface area (Å²) in [6.07, 6.45) is 0. The molecular formula is C13H21N3O3. The number of rotatable bonds is 6. The van der Waals surface area contributed by atoms with Gasteiger partial charge in [-0.3, -0.25) is 0 Å². The van der Waals surface area contributed by atoms with Crippen molar-refractivity contribution in [2.75, 3.05) is 39.7 Å². The van der Waals surface area contributed by atoms with Crippen LogP contribution < -0.4 is 15.8 Å². The third kappa shape index (κ3) is 5.15. The average Bonchev–Trinajstić information content (AvgIpc) is 2.39. The predicted octanol–water partition coefficient (Wildman–Crippen LogP) is 1.13. The molecule has 1 aromatic rings. The van der Waals surface area contributed by atoms with E-state index < -0.39 is 0 Å². The molecule has 0 spiro atoms. The van der Waals surface area contributed by atoms with Crippen molar-refractivity contribution in [2.45, 2.75) is 6.04 Å².